The van der Waals surface area contributed by atoms with Crippen molar-refractivity contribution in [3.05, 3.63) is 29.8 Å². The molecule has 0 fully saturated rings. The van der Waals surface area contributed by atoms with Crippen LogP contribution < -0.4 is 4.74 Å². The fourth-order valence-corrected chi connectivity index (χ4v) is 1.08. The van der Waals surface area contributed by atoms with Crippen molar-refractivity contribution >= 4 is 6.29 Å². The summed E-state index contributed by atoms with van der Waals surface area (Å²) in [6.45, 7) is -0.730. The number of carbonyl (C=O) groups excluding carboxylic acids is 1. The lowest BCUT2D eigenvalue weighted by Crippen LogP contribution is -2.46. The molecule has 1 atom stereocenters. The van der Waals surface area contributed by atoms with Crippen molar-refractivity contribution in [2.24, 2.45) is 0 Å². The summed E-state index contributed by atoms with van der Waals surface area (Å²) in [4.78, 5) is 10.6. The second-order valence-corrected chi connectivity index (χ2v) is 3.35. The minimum absolute atomic E-state index is 0.139. The summed E-state index contributed by atoms with van der Waals surface area (Å²) in [5.41, 5.74) is 0.231. The monoisotopic (exact) mass is 237 g/mol. The first-order chi connectivity index (χ1) is 8.01. The molecule has 1 unspecified atom stereocenters. The minimum Gasteiger partial charge on any atom is -0.487 e. The summed E-state index contributed by atoms with van der Waals surface area (Å²) in [7, 11) is 0. The van der Waals surface area contributed by atoms with Crippen molar-refractivity contribution in [2.75, 3.05) is 6.61 Å². The molecule has 0 bridgehead atoms. The molecule has 90 valence electrons. The van der Waals surface area contributed by atoms with Gasteiger partial charge in [0.15, 0.2) is 12.4 Å². The van der Waals surface area contributed by atoms with E-state index in [0.29, 0.717) is 6.29 Å². The first kappa shape index (κ1) is 13.1. The van der Waals surface area contributed by atoms with Gasteiger partial charge in [-0.25, -0.2) is 0 Å². The van der Waals surface area contributed by atoms with E-state index < -0.39 is 18.5 Å². The smallest absolute Gasteiger partial charge is 0.238 e. The van der Waals surface area contributed by atoms with Gasteiger partial charge < -0.3 is 20.1 Å². The van der Waals surface area contributed by atoms with Crippen LogP contribution in [0.5, 0.6) is 5.75 Å². The number of nitriles is 1. The van der Waals surface area contributed by atoms with Gasteiger partial charge in [0.1, 0.15) is 12.4 Å². The molecule has 1 aromatic carbocycles. The Morgan fingerprint density at radius 2 is 2.12 bits per heavy atom. The second kappa shape index (κ2) is 5.41. The van der Waals surface area contributed by atoms with Gasteiger partial charge >= 0.3 is 0 Å². The van der Waals surface area contributed by atoms with Gasteiger partial charge in [0.05, 0.1) is 11.6 Å². The largest absolute Gasteiger partial charge is 0.487 e. The number of aliphatic hydroxyl groups excluding tert-OH is 1. The topological polar surface area (TPSA) is 111 Å². The van der Waals surface area contributed by atoms with E-state index in [1.165, 1.54) is 18.2 Å². The van der Waals surface area contributed by atoms with Crippen LogP contribution in [0.2, 0.25) is 0 Å². The molecule has 6 heteroatoms. The maximum Gasteiger partial charge on any atom is 0.238 e. The minimum atomic E-state index is -2.69. The lowest BCUT2D eigenvalue weighted by Gasteiger charge is -2.23. The van der Waals surface area contributed by atoms with Gasteiger partial charge in [-0.05, 0) is 12.1 Å². The normalized spacial score (nSPS) is 12.6. The molecule has 0 saturated heterocycles. The average Bonchev–Trinajstić information content (AvgIpc) is 2.35. The van der Waals surface area contributed by atoms with E-state index in [0.717, 1.165) is 0 Å². The third kappa shape index (κ3) is 3.26. The zero-order valence-electron chi connectivity index (χ0n) is 8.78. The highest BCUT2D eigenvalue weighted by Gasteiger charge is 2.34. The number of rotatable bonds is 5. The van der Waals surface area contributed by atoms with Gasteiger partial charge in [-0.15, -0.1) is 0 Å². The molecule has 0 aliphatic heterocycles. The highest BCUT2D eigenvalue weighted by Crippen LogP contribution is 2.17. The van der Waals surface area contributed by atoms with Crippen molar-refractivity contribution in [3.63, 3.8) is 0 Å². The lowest BCUT2D eigenvalue weighted by molar-refractivity contribution is -0.224. The number of nitrogens with zero attached hydrogens (tertiary/aromatic N) is 1. The third-order valence-electron chi connectivity index (χ3n) is 2.05. The van der Waals surface area contributed by atoms with Crippen LogP contribution in [0, 0.1) is 11.3 Å². The number of benzene rings is 1. The van der Waals surface area contributed by atoms with Gasteiger partial charge in [0.2, 0.25) is 5.79 Å². The molecular weight excluding hydrogens is 226 g/mol. The maximum atomic E-state index is 10.6. The molecule has 0 radical (unpaired) electrons. The van der Waals surface area contributed by atoms with Crippen molar-refractivity contribution in [1.82, 2.24) is 0 Å². The van der Waals surface area contributed by atoms with E-state index in [4.69, 9.17) is 15.1 Å². The van der Waals surface area contributed by atoms with Crippen LogP contribution in [0.3, 0.4) is 0 Å². The molecule has 17 heavy (non-hydrogen) atoms. The Bertz CT molecular complexity index is 438. The Kier molecular flexibility index (Phi) is 4.17. The van der Waals surface area contributed by atoms with Crippen LogP contribution in [0.15, 0.2) is 24.3 Å². The molecule has 0 aromatic heterocycles. The lowest BCUT2D eigenvalue weighted by atomic mass is 10.2. The number of hydrogen-bond acceptors (Lipinski definition) is 6. The van der Waals surface area contributed by atoms with Crippen molar-refractivity contribution in [2.45, 2.75) is 11.9 Å². The second-order valence-electron chi connectivity index (χ2n) is 3.35. The first-order valence-electron chi connectivity index (χ1n) is 4.70. The van der Waals surface area contributed by atoms with Crippen LogP contribution in [0.1, 0.15) is 10.4 Å². The molecule has 0 spiro atoms. The van der Waals surface area contributed by atoms with Crippen molar-refractivity contribution < 1.29 is 24.9 Å². The number of para-hydroxylation sites is 1. The maximum absolute atomic E-state index is 10.6. The number of aliphatic hydroxyl groups is 3. The van der Waals surface area contributed by atoms with Gasteiger partial charge in [-0.3, -0.25) is 4.79 Å². The molecule has 1 rings (SSSR count). The van der Waals surface area contributed by atoms with E-state index in [-0.39, 0.29) is 11.3 Å². The van der Waals surface area contributed by atoms with Crippen LogP contribution in [0.4, 0.5) is 0 Å². The number of aldehydes is 1. The Hall–Kier alpha value is -1.94. The van der Waals surface area contributed by atoms with E-state index in [1.54, 1.807) is 12.1 Å². The summed E-state index contributed by atoms with van der Waals surface area (Å²) in [6.07, 6.45) is -1.45. The van der Waals surface area contributed by atoms with E-state index >= 15 is 0 Å². The Balaban J connectivity index is 2.74. The van der Waals surface area contributed by atoms with Crippen LogP contribution >= 0.6 is 0 Å². The SMILES string of the molecule is N#CC(O)C(O)(O)COc1ccccc1C=O. The highest BCUT2D eigenvalue weighted by atomic mass is 16.6. The number of ether oxygens (including phenoxy) is 1. The predicted molar refractivity (Wildman–Crippen MR) is 56.1 cm³/mol. The third-order valence-corrected chi connectivity index (χ3v) is 2.05. The van der Waals surface area contributed by atoms with E-state index in [9.17, 15) is 15.0 Å². The van der Waals surface area contributed by atoms with Gasteiger partial charge in [0.25, 0.3) is 0 Å². The van der Waals surface area contributed by atoms with E-state index in [1.807, 2.05) is 0 Å². The predicted octanol–water partition coefficient (Wildman–Crippen LogP) is -0.557. The zero-order chi connectivity index (χ0) is 12.9. The Morgan fingerprint density at radius 3 is 2.71 bits per heavy atom. The Morgan fingerprint density at radius 1 is 1.47 bits per heavy atom. The molecule has 6 nitrogen and oxygen atoms in total. The molecule has 0 aliphatic rings. The summed E-state index contributed by atoms with van der Waals surface area (Å²) in [5.74, 6) is -2.55. The van der Waals surface area contributed by atoms with Gasteiger partial charge in [-0.1, -0.05) is 12.1 Å². The number of hydrogen-bond donors (Lipinski definition) is 3. The molecular formula is C11H11NO5. The standard InChI is InChI=1S/C11H11NO5/c12-5-10(14)11(15,16)7-17-9-4-2-1-3-8(9)6-13/h1-4,6,10,14-16H,7H2. The van der Waals surface area contributed by atoms with Gasteiger partial charge in [-0.2, -0.15) is 5.26 Å². The van der Waals surface area contributed by atoms with E-state index in [2.05, 4.69) is 0 Å². The summed E-state index contributed by atoms with van der Waals surface area (Å²) in [5, 5.41) is 35.9. The van der Waals surface area contributed by atoms with Crippen molar-refractivity contribution in [1.29, 1.82) is 5.26 Å². The molecule has 0 amide bonds. The van der Waals surface area contributed by atoms with Gasteiger partial charge in [0, 0.05) is 0 Å². The summed E-state index contributed by atoms with van der Waals surface area (Å²) >= 11 is 0. The molecule has 3 N–H and O–H groups in total. The first-order valence-corrected chi connectivity index (χ1v) is 4.70. The molecule has 0 saturated carbocycles. The van der Waals surface area contributed by atoms with Crippen molar-refractivity contribution in [3.8, 4) is 11.8 Å². The van der Waals surface area contributed by atoms with Crippen LogP contribution in [-0.2, 0) is 0 Å². The molecule has 0 heterocycles. The number of carbonyl (C=O) groups is 1. The Labute approximate surface area is 97.3 Å². The highest BCUT2D eigenvalue weighted by molar-refractivity contribution is 5.79. The average molecular weight is 237 g/mol. The van der Waals surface area contributed by atoms with Crippen LogP contribution in [-0.4, -0.2) is 40.1 Å². The zero-order valence-corrected chi connectivity index (χ0v) is 8.78. The molecule has 0 aliphatic carbocycles. The fraction of sp³-hybridized carbons (Fsp3) is 0.273. The summed E-state index contributed by atoms with van der Waals surface area (Å²) in [6, 6.07) is 7.43. The fourth-order valence-electron chi connectivity index (χ4n) is 1.08. The quantitative estimate of drug-likeness (QED) is 0.360. The van der Waals surface area contributed by atoms with Crippen LogP contribution in [0.25, 0.3) is 0 Å². The molecule has 1 aromatic rings. The summed E-state index contributed by atoms with van der Waals surface area (Å²) < 4.78 is 4.97.